The van der Waals surface area contributed by atoms with Gasteiger partial charge in [-0.25, -0.2) is 4.79 Å². The van der Waals surface area contributed by atoms with Crippen molar-refractivity contribution < 1.29 is 23.7 Å². The molecule has 98 valence electrons. The van der Waals surface area contributed by atoms with E-state index in [1.807, 2.05) is 0 Å². The van der Waals surface area contributed by atoms with Crippen molar-refractivity contribution in [2.24, 2.45) is 5.11 Å². The summed E-state index contributed by atoms with van der Waals surface area (Å²) in [5, 5.41) is 2.85. The molecule has 0 aliphatic carbocycles. The highest BCUT2D eigenvalue weighted by Gasteiger charge is 2.44. The van der Waals surface area contributed by atoms with Crippen molar-refractivity contribution >= 4 is 6.09 Å². The van der Waals surface area contributed by atoms with E-state index < -0.39 is 24.1 Å². The molecule has 1 saturated heterocycles. The van der Waals surface area contributed by atoms with Crippen LogP contribution in [0.1, 0.15) is 13.8 Å². The van der Waals surface area contributed by atoms with Crippen molar-refractivity contribution in [2.75, 3.05) is 6.61 Å². The number of carbonyl (C=O) groups is 1. The SMILES string of the molecule is CC1(C)OC[C@H]2OC=C[C@@H](OC(=O)N=[N+]=[N-])[C@@H]2O1. The van der Waals surface area contributed by atoms with Gasteiger partial charge in [-0.1, -0.05) is 0 Å². The molecule has 0 aromatic carbocycles. The molecule has 2 rings (SSSR count). The van der Waals surface area contributed by atoms with E-state index in [0.29, 0.717) is 6.61 Å². The highest BCUT2D eigenvalue weighted by atomic mass is 16.7. The summed E-state index contributed by atoms with van der Waals surface area (Å²) in [5.41, 5.74) is 8.15. The number of hydrogen-bond acceptors (Lipinski definition) is 5. The largest absolute Gasteiger partial charge is 0.493 e. The second-order valence-corrected chi connectivity index (χ2v) is 4.33. The molecule has 0 saturated carbocycles. The van der Waals surface area contributed by atoms with Crippen LogP contribution >= 0.6 is 0 Å². The first kappa shape index (κ1) is 12.7. The molecule has 8 heteroatoms. The van der Waals surface area contributed by atoms with Gasteiger partial charge in [0.25, 0.3) is 0 Å². The summed E-state index contributed by atoms with van der Waals surface area (Å²) in [4.78, 5) is 13.5. The molecule has 0 aromatic heterocycles. The minimum absolute atomic E-state index is 0.331. The van der Waals surface area contributed by atoms with Crippen LogP contribution in [0, 0.1) is 0 Å². The minimum Gasteiger partial charge on any atom is -0.493 e. The summed E-state index contributed by atoms with van der Waals surface area (Å²) in [7, 11) is 0. The Balaban J connectivity index is 2.09. The summed E-state index contributed by atoms with van der Waals surface area (Å²) >= 11 is 0. The van der Waals surface area contributed by atoms with Gasteiger partial charge in [0.05, 0.1) is 12.9 Å². The lowest BCUT2D eigenvalue weighted by Gasteiger charge is -2.43. The Morgan fingerprint density at radius 2 is 2.39 bits per heavy atom. The zero-order valence-electron chi connectivity index (χ0n) is 9.98. The van der Waals surface area contributed by atoms with Gasteiger partial charge in [0.1, 0.15) is 6.10 Å². The maximum absolute atomic E-state index is 11.1. The Kier molecular flexibility index (Phi) is 3.42. The molecule has 2 aliphatic rings. The lowest BCUT2D eigenvalue weighted by Crippen LogP contribution is -2.55. The van der Waals surface area contributed by atoms with Gasteiger partial charge in [0.15, 0.2) is 18.0 Å². The van der Waals surface area contributed by atoms with E-state index in [9.17, 15) is 4.79 Å². The first-order chi connectivity index (χ1) is 8.52. The molecule has 0 radical (unpaired) electrons. The van der Waals surface area contributed by atoms with Crippen molar-refractivity contribution in [3.63, 3.8) is 0 Å². The normalized spacial score (nSPS) is 32.7. The maximum atomic E-state index is 11.1. The number of amides is 1. The van der Waals surface area contributed by atoms with Crippen LogP contribution in [-0.4, -0.2) is 36.8 Å². The van der Waals surface area contributed by atoms with Crippen molar-refractivity contribution in [2.45, 2.75) is 37.9 Å². The molecule has 3 atom stereocenters. The zero-order chi connectivity index (χ0) is 13.2. The smallest absolute Gasteiger partial charge is 0.397 e. The highest BCUT2D eigenvalue weighted by molar-refractivity contribution is 5.68. The van der Waals surface area contributed by atoms with E-state index >= 15 is 0 Å². The van der Waals surface area contributed by atoms with Crippen LogP contribution in [0.25, 0.3) is 10.4 Å². The Morgan fingerprint density at radius 3 is 3.11 bits per heavy atom. The van der Waals surface area contributed by atoms with E-state index in [4.69, 9.17) is 24.5 Å². The minimum atomic E-state index is -0.999. The van der Waals surface area contributed by atoms with Crippen LogP contribution in [0.2, 0.25) is 0 Å². The van der Waals surface area contributed by atoms with E-state index in [1.165, 1.54) is 12.3 Å². The van der Waals surface area contributed by atoms with Crippen LogP contribution < -0.4 is 0 Å². The highest BCUT2D eigenvalue weighted by Crippen LogP contribution is 2.30. The number of rotatable bonds is 1. The van der Waals surface area contributed by atoms with Crippen molar-refractivity contribution in [1.29, 1.82) is 0 Å². The van der Waals surface area contributed by atoms with E-state index in [0.717, 1.165) is 0 Å². The number of nitrogens with zero attached hydrogens (tertiary/aromatic N) is 3. The molecule has 2 heterocycles. The molecule has 0 N–H and O–H groups in total. The van der Waals surface area contributed by atoms with Crippen LogP contribution in [0.15, 0.2) is 17.5 Å². The standard InChI is InChI=1S/C10H13N3O5/c1-10(2)16-5-7-8(18-10)6(3-4-15-7)17-9(14)12-13-11/h3-4,6-8H,5H2,1-2H3/t6-,7-,8+/m1/s1. The fourth-order valence-corrected chi connectivity index (χ4v) is 1.83. The third-order valence-electron chi connectivity index (χ3n) is 2.59. The molecule has 1 fully saturated rings. The summed E-state index contributed by atoms with van der Waals surface area (Å²) in [6.45, 7) is 3.85. The third kappa shape index (κ3) is 2.73. The van der Waals surface area contributed by atoms with Crippen LogP contribution in [0.5, 0.6) is 0 Å². The number of hydrogen-bond donors (Lipinski definition) is 0. The molecule has 18 heavy (non-hydrogen) atoms. The Bertz CT molecular complexity index is 416. The molecular formula is C10H13N3O5. The monoisotopic (exact) mass is 255 g/mol. The maximum Gasteiger partial charge on any atom is 0.397 e. The van der Waals surface area contributed by atoms with Gasteiger partial charge in [-0.3, -0.25) is 0 Å². The second kappa shape index (κ2) is 4.85. The van der Waals surface area contributed by atoms with Crippen LogP contribution in [-0.2, 0) is 18.9 Å². The fraction of sp³-hybridized carbons (Fsp3) is 0.700. The van der Waals surface area contributed by atoms with Crippen molar-refractivity contribution in [1.82, 2.24) is 0 Å². The lowest BCUT2D eigenvalue weighted by molar-refractivity contribution is -0.318. The fourth-order valence-electron chi connectivity index (χ4n) is 1.83. The number of azide groups is 1. The van der Waals surface area contributed by atoms with Gasteiger partial charge in [0.2, 0.25) is 0 Å². The van der Waals surface area contributed by atoms with Gasteiger partial charge in [-0.05, 0) is 25.5 Å². The number of ether oxygens (including phenoxy) is 4. The first-order valence-electron chi connectivity index (χ1n) is 5.41. The van der Waals surface area contributed by atoms with Gasteiger partial charge in [-0.15, -0.1) is 0 Å². The molecule has 2 aliphatic heterocycles. The van der Waals surface area contributed by atoms with Gasteiger partial charge >= 0.3 is 6.09 Å². The average Bonchev–Trinajstić information content (AvgIpc) is 2.29. The third-order valence-corrected chi connectivity index (χ3v) is 2.59. The molecule has 0 unspecified atom stereocenters. The van der Waals surface area contributed by atoms with E-state index in [-0.39, 0.29) is 6.10 Å². The Morgan fingerprint density at radius 1 is 1.61 bits per heavy atom. The summed E-state index contributed by atoms with van der Waals surface area (Å²) < 4.78 is 21.4. The second-order valence-electron chi connectivity index (χ2n) is 4.33. The molecule has 0 spiro atoms. The predicted octanol–water partition coefficient (Wildman–Crippen LogP) is 1.87. The zero-order valence-corrected chi connectivity index (χ0v) is 9.98. The Labute approximate surface area is 103 Å². The van der Waals surface area contributed by atoms with Gasteiger partial charge < -0.3 is 18.9 Å². The number of fused-ring (bicyclic) bond motifs is 1. The van der Waals surface area contributed by atoms with Gasteiger partial charge in [-0.2, -0.15) is 0 Å². The number of carbonyl (C=O) groups excluding carboxylic acids is 1. The van der Waals surface area contributed by atoms with Crippen LogP contribution in [0.3, 0.4) is 0 Å². The van der Waals surface area contributed by atoms with E-state index in [1.54, 1.807) is 13.8 Å². The molecule has 1 amide bonds. The first-order valence-corrected chi connectivity index (χ1v) is 5.41. The molecule has 0 aromatic rings. The van der Waals surface area contributed by atoms with Gasteiger partial charge in [0, 0.05) is 10.0 Å². The summed E-state index contributed by atoms with van der Waals surface area (Å²) in [6.07, 6.45) is 0.447. The predicted molar refractivity (Wildman–Crippen MR) is 58.3 cm³/mol. The molecular weight excluding hydrogens is 242 g/mol. The van der Waals surface area contributed by atoms with Crippen molar-refractivity contribution in [3.05, 3.63) is 22.8 Å². The summed E-state index contributed by atoms with van der Waals surface area (Å²) in [5.74, 6) is -0.779. The van der Waals surface area contributed by atoms with Crippen molar-refractivity contribution in [3.8, 4) is 0 Å². The average molecular weight is 255 g/mol. The molecule has 8 nitrogen and oxygen atoms in total. The topological polar surface area (TPSA) is 103 Å². The Hall–Kier alpha value is -1.76. The van der Waals surface area contributed by atoms with E-state index in [2.05, 4.69) is 10.0 Å². The molecule has 0 bridgehead atoms. The lowest BCUT2D eigenvalue weighted by atomic mass is 10.0. The van der Waals surface area contributed by atoms with Crippen LogP contribution in [0.4, 0.5) is 4.79 Å². The quantitative estimate of drug-likeness (QED) is 0.404. The summed E-state index contributed by atoms with van der Waals surface area (Å²) in [6, 6.07) is 0.